The average molecular weight is 303 g/mol. The molecule has 1 saturated heterocycles. The maximum absolute atomic E-state index is 11.6. The number of amidine groups is 1. The van der Waals surface area contributed by atoms with Gasteiger partial charge in [-0.25, -0.2) is 4.99 Å². The van der Waals surface area contributed by atoms with Crippen LogP contribution in [0.5, 0.6) is 0 Å². The van der Waals surface area contributed by atoms with Crippen LogP contribution >= 0.6 is 0 Å². The average Bonchev–Trinajstić information content (AvgIpc) is 2.83. The molecule has 2 aliphatic rings. The van der Waals surface area contributed by atoms with Gasteiger partial charge < -0.3 is 20.5 Å². The van der Waals surface area contributed by atoms with Gasteiger partial charge in [-0.3, -0.25) is 4.79 Å². The maximum Gasteiger partial charge on any atom is 0.227 e. The number of carbonyl (C=O) groups excluding carboxylic acids is 1. The molecule has 1 aliphatic heterocycles. The van der Waals surface area contributed by atoms with Crippen molar-refractivity contribution in [3.05, 3.63) is 29.3 Å². The zero-order valence-electron chi connectivity index (χ0n) is 12.7. The summed E-state index contributed by atoms with van der Waals surface area (Å²) in [6, 6.07) is 5.71. The molecule has 6 nitrogen and oxygen atoms in total. The summed E-state index contributed by atoms with van der Waals surface area (Å²) in [6.45, 7) is 5.07. The van der Waals surface area contributed by atoms with E-state index in [0.717, 1.165) is 35.7 Å². The zero-order valence-corrected chi connectivity index (χ0v) is 12.7. The molecule has 6 heteroatoms. The number of ether oxygens (including phenoxy) is 1. The number of aliphatic imine (C=N–C) groups is 1. The first-order chi connectivity index (χ1) is 10.6. The second-order valence-corrected chi connectivity index (χ2v) is 5.79. The monoisotopic (exact) mass is 303 g/mol. The predicted molar refractivity (Wildman–Crippen MR) is 83.2 cm³/mol. The molecule has 2 unspecified atom stereocenters. The lowest BCUT2D eigenvalue weighted by molar-refractivity contribution is -0.121. The van der Waals surface area contributed by atoms with Crippen LogP contribution in [0.15, 0.2) is 23.2 Å². The Morgan fingerprint density at radius 2 is 2.14 bits per heavy atom. The number of morpholine rings is 1. The van der Waals surface area contributed by atoms with Gasteiger partial charge in [0.2, 0.25) is 5.91 Å². The van der Waals surface area contributed by atoms with Crippen molar-refractivity contribution in [1.82, 2.24) is 4.90 Å². The van der Waals surface area contributed by atoms with Crippen LogP contribution in [0.1, 0.15) is 24.0 Å². The van der Waals surface area contributed by atoms with Crippen LogP contribution in [0, 0.1) is 0 Å². The molecule has 0 radical (unpaired) electrons. The number of benzene rings is 1. The number of nitrogens with zero attached hydrogens (tertiary/aromatic N) is 2. The molecule has 22 heavy (non-hydrogen) atoms. The molecule has 1 aromatic carbocycles. The van der Waals surface area contributed by atoms with E-state index in [2.05, 4.69) is 9.89 Å². The van der Waals surface area contributed by atoms with Crippen LogP contribution in [0.25, 0.3) is 0 Å². The Morgan fingerprint density at radius 1 is 1.41 bits per heavy atom. The summed E-state index contributed by atoms with van der Waals surface area (Å²) < 4.78 is 5.34. The number of hydrogen-bond acceptors (Lipinski definition) is 4. The van der Waals surface area contributed by atoms with Crippen molar-refractivity contribution < 1.29 is 14.6 Å². The number of primary amides is 1. The SMILES string of the molecule is CC(=Nc1ccc2c(c1)C(C(N)=O)C(O)C2)N1CCOCC1. The molecule has 118 valence electrons. The molecule has 0 saturated carbocycles. The lowest BCUT2D eigenvalue weighted by Gasteiger charge is -2.28. The van der Waals surface area contributed by atoms with E-state index in [1.54, 1.807) is 0 Å². The third kappa shape index (κ3) is 2.84. The minimum atomic E-state index is -0.730. The topological polar surface area (TPSA) is 88.1 Å². The standard InChI is InChI=1S/C16H21N3O3/c1-10(19-4-6-22-7-5-19)18-12-3-2-11-8-14(20)15(16(17)21)13(11)9-12/h2-3,9,14-15,20H,4-8H2,1H3,(H2,17,21). The van der Waals surface area contributed by atoms with Gasteiger partial charge >= 0.3 is 0 Å². The van der Waals surface area contributed by atoms with Crippen LogP contribution in [0.3, 0.4) is 0 Å². The van der Waals surface area contributed by atoms with Crippen molar-refractivity contribution in [3.63, 3.8) is 0 Å². The summed E-state index contributed by atoms with van der Waals surface area (Å²) in [5.41, 5.74) is 7.97. The third-order valence-electron chi connectivity index (χ3n) is 4.34. The lowest BCUT2D eigenvalue weighted by Crippen LogP contribution is -2.39. The van der Waals surface area contributed by atoms with Crippen LogP contribution in [0.2, 0.25) is 0 Å². The largest absolute Gasteiger partial charge is 0.392 e. The van der Waals surface area contributed by atoms with E-state index in [1.807, 2.05) is 25.1 Å². The molecule has 0 bridgehead atoms. The summed E-state index contributed by atoms with van der Waals surface area (Å²) in [5.74, 6) is -0.191. The highest BCUT2D eigenvalue weighted by Crippen LogP contribution is 2.35. The molecule has 2 atom stereocenters. The van der Waals surface area contributed by atoms with Crippen molar-refractivity contribution in [2.45, 2.75) is 25.4 Å². The second-order valence-electron chi connectivity index (χ2n) is 5.79. The van der Waals surface area contributed by atoms with Crippen molar-refractivity contribution in [2.75, 3.05) is 26.3 Å². The van der Waals surface area contributed by atoms with Gasteiger partial charge in [-0.1, -0.05) is 6.07 Å². The van der Waals surface area contributed by atoms with E-state index >= 15 is 0 Å². The molecule has 3 rings (SSSR count). The molecule has 1 amide bonds. The van der Waals surface area contributed by atoms with E-state index in [1.165, 1.54) is 0 Å². The fraction of sp³-hybridized carbons (Fsp3) is 0.500. The highest BCUT2D eigenvalue weighted by Gasteiger charge is 2.35. The van der Waals surface area contributed by atoms with Gasteiger partial charge in [0.05, 0.1) is 30.9 Å². The van der Waals surface area contributed by atoms with E-state index in [0.29, 0.717) is 19.6 Å². The maximum atomic E-state index is 11.6. The van der Waals surface area contributed by atoms with Gasteiger partial charge in [0.15, 0.2) is 0 Å². The van der Waals surface area contributed by atoms with Gasteiger partial charge in [-0.05, 0) is 36.6 Å². The Bertz CT molecular complexity index is 609. The number of aliphatic hydroxyl groups is 1. The fourth-order valence-corrected chi connectivity index (χ4v) is 3.17. The number of hydrogen-bond donors (Lipinski definition) is 2. The fourth-order valence-electron chi connectivity index (χ4n) is 3.17. The van der Waals surface area contributed by atoms with E-state index in [9.17, 15) is 9.90 Å². The first kappa shape index (κ1) is 15.0. The molecular weight excluding hydrogens is 282 g/mol. The molecular formula is C16H21N3O3. The number of fused-ring (bicyclic) bond motifs is 1. The molecule has 0 aromatic heterocycles. The smallest absolute Gasteiger partial charge is 0.227 e. The number of aliphatic hydroxyl groups excluding tert-OH is 1. The number of amides is 1. The van der Waals surface area contributed by atoms with Crippen molar-refractivity contribution in [2.24, 2.45) is 10.7 Å². The van der Waals surface area contributed by atoms with Crippen molar-refractivity contribution >= 4 is 17.4 Å². The quantitative estimate of drug-likeness (QED) is 0.617. The van der Waals surface area contributed by atoms with Crippen molar-refractivity contribution in [1.29, 1.82) is 0 Å². The molecule has 0 spiro atoms. The number of rotatable bonds is 2. The Labute approximate surface area is 129 Å². The Kier molecular flexibility index (Phi) is 4.13. The van der Waals surface area contributed by atoms with Gasteiger partial charge in [-0.2, -0.15) is 0 Å². The summed E-state index contributed by atoms with van der Waals surface area (Å²) in [5, 5.41) is 10.00. The molecule has 3 N–H and O–H groups in total. The molecule has 1 aromatic rings. The number of nitrogens with two attached hydrogens (primary N) is 1. The van der Waals surface area contributed by atoms with Gasteiger partial charge in [-0.15, -0.1) is 0 Å². The van der Waals surface area contributed by atoms with E-state index in [-0.39, 0.29) is 0 Å². The predicted octanol–water partition coefficient (Wildman–Crippen LogP) is 0.555. The minimum Gasteiger partial charge on any atom is -0.392 e. The second kappa shape index (κ2) is 6.06. The van der Waals surface area contributed by atoms with Crippen LogP contribution in [0.4, 0.5) is 5.69 Å². The summed E-state index contributed by atoms with van der Waals surface area (Å²) in [7, 11) is 0. The van der Waals surface area contributed by atoms with Crippen molar-refractivity contribution in [3.8, 4) is 0 Å². The Hall–Kier alpha value is -1.92. The Morgan fingerprint density at radius 3 is 2.82 bits per heavy atom. The highest BCUT2D eigenvalue weighted by molar-refractivity contribution is 5.86. The highest BCUT2D eigenvalue weighted by atomic mass is 16.5. The zero-order chi connectivity index (χ0) is 15.7. The summed E-state index contributed by atoms with van der Waals surface area (Å²) in [6.07, 6.45) is -0.262. The minimum absolute atomic E-state index is 0.468. The third-order valence-corrected chi connectivity index (χ3v) is 4.34. The van der Waals surface area contributed by atoms with Gasteiger partial charge in [0.1, 0.15) is 5.84 Å². The van der Waals surface area contributed by atoms with Gasteiger partial charge in [0.25, 0.3) is 0 Å². The number of carbonyl (C=O) groups is 1. The molecule has 1 fully saturated rings. The van der Waals surface area contributed by atoms with Gasteiger partial charge in [0, 0.05) is 13.1 Å². The van der Waals surface area contributed by atoms with Crippen LogP contribution in [-0.4, -0.2) is 54.2 Å². The van der Waals surface area contributed by atoms with E-state index < -0.39 is 17.9 Å². The van der Waals surface area contributed by atoms with E-state index in [4.69, 9.17) is 10.5 Å². The first-order valence-corrected chi connectivity index (χ1v) is 7.54. The summed E-state index contributed by atoms with van der Waals surface area (Å²) >= 11 is 0. The normalized spacial score (nSPS) is 25.2. The molecule has 1 heterocycles. The van der Waals surface area contributed by atoms with Crippen LogP contribution in [-0.2, 0) is 16.0 Å². The first-order valence-electron chi connectivity index (χ1n) is 7.54. The summed E-state index contributed by atoms with van der Waals surface area (Å²) in [4.78, 5) is 18.4. The lowest BCUT2D eigenvalue weighted by atomic mass is 9.99. The Balaban J connectivity index is 1.86. The van der Waals surface area contributed by atoms with Crippen LogP contribution < -0.4 is 5.73 Å². The molecule has 1 aliphatic carbocycles.